The number of piperazine rings is 1. The van der Waals surface area contributed by atoms with Crippen LogP contribution in [0, 0.1) is 0 Å². The highest BCUT2D eigenvalue weighted by Gasteiger charge is 2.40. The molecule has 0 spiro atoms. The molecule has 2 aliphatic rings. The molecule has 0 saturated carbocycles. The Kier molecular flexibility index (Phi) is 3.78. The number of nitrogens with zero attached hydrogens (tertiary/aromatic N) is 3. The molecule has 22 heavy (non-hydrogen) atoms. The first kappa shape index (κ1) is 15.5. The van der Waals surface area contributed by atoms with Crippen LogP contribution in [0.5, 0.6) is 0 Å². The zero-order valence-corrected chi connectivity index (χ0v) is 13.7. The summed E-state index contributed by atoms with van der Waals surface area (Å²) in [5.41, 5.74) is 5.47. The van der Waals surface area contributed by atoms with E-state index in [2.05, 4.69) is 4.90 Å². The third-order valence-corrected chi connectivity index (χ3v) is 6.66. The summed E-state index contributed by atoms with van der Waals surface area (Å²) in [5, 5.41) is 0. The molecule has 0 radical (unpaired) electrons. The Morgan fingerprint density at radius 2 is 2.09 bits per heavy atom. The molecule has 2 N–H and O–H groups in total. The molecule has 1 aromatic heterocycles. The summed E-state index contributed by atoms with van der Waals surface area (Å²) in [5.74, 6) is -0.627. The van der Waals surface area contributed by atoms with Gasteiger partial charge in [-0.25, -0.2) is 8.42 Å². The molecule has 7 nitrogen and oxygen atoms in total. The van der Waals surface area contributed by atoms with Crippen molar-refractivity contribution >= 4 is 15.9 Å². The number of amides is 1. The van der Waals surface area contributed by atoms with Crippen molar-refractivity contribution < 1.29 is 13.2 Å². The molecule has 2 fully saturated rings. The first-order valence-corrected chi connectivity index (χ1v) is 8.97. The Hall–Kier alpha value is -1.38. The monoisotopic (exact) mass is 326 g/mol. The van der Waals surface area contributed by atoms with E-state index in [9.17, 15) is 13.2 Å². The lowest BCUT2D eigenvalue weighted by molar-refractivity contribution is 0.0992. The lowest BCUT2D eigenvalue weighted by Gasteiger charge is -2.41. The van der Waals surface area contributed by atoms with Crippen molar-refractivity contribution in [3.63, 3.8) is 0 Å². The summed E-state index contributed by atoms with van der Waals surface area (Å²) in [6.07, 6.45) is 3.63. The number of nitrogens with two attached hydrogens (primary N) is 1. The van der Waals surface area contributed by atoms with Gasteiger partial charge in [0.25, 0.3) is 5.91 Å². The number of carbonyl (C=O) groups is 1. The average molecular weight is 326 g/mol. The van der Waals surface area contributed by atoms with Gasteiger partial charge in [-0.3, -0.25) is 9.69 Å². The summed E-state index contributed by atoms with van der Waals surface area (Å²) < 4.78 is 28.9. The molecule has 0 aliphatic carbocycles. The van der Waals surface area contributed by atoms with Crippen molar-refractivity contribution in [2.45, 2.75) is 36.7 Å². The lowest BCUT2D eigenvalue weighted by Crippen LogP contribution is -2.56. The van der Waals surface area contributed by atoms with Crippen LogP contribution >= 0.6 is 0 Å². The molecule has 122 valence electrons. The number of hydrogen-bond donors (Lipinski definition) is 1. The lowest BCUT2D eigenvalue weighted by atomic mass is 10.1. The van der Waals surface area contributed by atoms with Crippen molar-refractivity contribution in [1.82, 2.24) is 13.8 Å². The number of aryl methyl sites for hydroxylation is 1. The van der Waals surface area contributed by atoms with Gasteiger partial charge in [0.15, 0.2) is 0 Å². The highest BCUT2D eigenvalue weighted by Crippen LogP contribution is 2.29. The van der Waals surface area contributed by atoms with Gasteiger partial charge >= 0.3 is 0 Å². The molecule has 0 unspecified atom stereocenters. The standard InChI is InChI=1S/C14H22N4O3S/c1-10-7-17-5-3-4-11(17)8-18(10)22(20,21)12-6-13(14(15)19)16(2)9-12/h6,9-11H,3-5,7-8H2,1-2H3,(H2,15,19)/t10-,11-/m1/s1. The first-order chi connectivity index (χ1) is 10.3. The van der Waals surface area contributed by atoms with Gasteiger partial charge in [0.05, 0.1) is 0 Å². The minimum Gasteiger partial charge on any atom is -0.364 e. The van der Waals surface area contributed by atoms with Crippen LogP contribution in [0.3, 0.4) is 0 Å². The average Bonchev–Trinajstić information content (AvgIpc) is 3.03. The molecule has 2 atom stereocenters. The van der Waals surface area contributed by atoms with Crippen molar-refractivity contribution in [3.8, 4) is 0 Å². The highest BCUT2D eigenvalue weighted by molar-refractivity contribution is 7.89. The fourth-order valence-corrected chi connectivity index (χ4v) is 5.28. The zero-order valence-electron chi connectivity index (χ0n) is 12.9. The quantitative estimate of drug-likeness (QED) is 0.845. The van der Waals surface area contributed by atoms with Gasteiger partial charge < -0.3 is 10.3 Å². The fourth-order valence-electron chi connectivity index (χ4n) is 3.55. The van der Waals surface area contributed by atoms with Crippen LogP contribution in [0.2, 0.25) is 0 Å². The second kappa shape index (κ2) is 5.36. The minimum atomic E-state index is -3.61. The number of aromatic nitrogens is 1. The third-order valence-electron chi connectivity index (χ3n) is 4.72. The Morgan fingerprint density at radius 3 is 2.73 bits per heavy atom. The summed E-state index contributed by atoms with van der Waals surface area (Å²) in [6, 6.07) is 1.60. The normalized spacial score (nSPS) is 27.0. The maximum atomic E-state index is 12.9. The molecule has 8 heteroatoms. The second-order valence-corrected chi connectivity index (χ2v) is 8.14. The molecule has 2 saturated heterocycles. The molecular formula is C14H22N4O3S. The predicted octanol–water partition coefficient (Wildman–Crippen LogP) is -0.0188. The molecule has 3 rings (SSSR count). The van der Waals surface area contributed by atoms with Crippen LogP contribution in [0.15, 0.2) is 17.2 Å². The van der Waals surface area contributed by atoms with E-state index in [1.54, 1.807) is 11.4 Å². The third kappa shape index (κ3) is 2.45. The predicted molar refractivity (Wildman–Crippen MR) is 81.9 cm³/mol. The molecule has 1 aromatic rings. The topological polar surface area (TPSA) is 88.6 Å². The van der Waals surface area contributed by atoms with Gasteiger partial charge in [-0.15, -0.1) is 0 Å². The van der Waals surface area contributed by atoms with E-state index in [4.69, 9.17) is 5.73 Å². The molecule has 0 aromatic carbocycles. The van der Waals surface area contributed by atoms with Crippen LogP contribution in [-0.4, -0.2) is 59.8 Å². The minimum absolute atomic E-state index is 0.0726. The molecule has 3 heterocycles. The van der Waals surface area contributed by atoms with Crippen molar-refractivity contribution in [3.05, 3.63) is 18.0 Å². The highest BCUT2D eigenvalue weighted by atomic mass is 32.2. The maximum absolute atomic E-state index is 12.9. The molecule has 0 bridgehead atoms. The number of primary amides is 1. The number of fused-ring (bicyclic) bond motifs is 1. The Bertz CT molecular complexity index is 697. The van der Waals surface area contributed by atoms with Gasteiger partial charge in [-0.1, -0.05) is 0 Å². The molecular weight excluding hydrogens is 304 g/mol. The van der Waals surface area contributed by atoms with Crippen LogP contribution in [-0.2, 0) is 17.1 Å². The largest absolute Gasteiger partial charge is 0.364 e. The van der Waals surface area contributed by atoms with Crippen molar-refractivity contribution in [2.24, 2.45) is 12.8 Å². The van der Waals surface area contributed by atoms with E-state index < -0.39 is 15.9 Å². The Labute approximate surface area is 130 Å². The number of hydrogen-bond acceptors (Lipinski definition) is 4. The molecule has 1 amide bonds. The van der Waals surface area contributed by atoms with Gasteiger partial charge in [-0.05, 0) is 32.4 Å². The van der Waals surface area contributed by atoms with E-state index in [1.165, 1.54) is 16.8 Å². The van der Waals surface area contributed by atoms with Crippen molar-refractivity contribution in [2.75, 3.05) is 19.6 Å². The van der Waals surface area contributed by atoms with E-state index in [-0.39, 0.29) is 16.6 Å². The second-order valence-electron chi connectivity index (χ2n) is 6.25. The zero-order chi connectivity index (χ0) is 16.1. The van der Waals surface area contributed by atoms with Gasteiger partial charge in [0.2, 0.25) is 10.0 Å². The number of rotatable bonds is 3. The van der Waals surface area contributed by atoms with E-state index in [0.717, 1.165) is 25.9 Å². The summed E-state index contributed by atoms with van der Waals surface area (Å²) in [4.78, 5) is 13.9. The molecule has 2 aliphatic heterocycles. The summed E-state index contributed by atoms with van der Waals surface area (Å²) in [6.45, 7) is 4.27. The Balaban J connectivity index is 1.92. The van der Waals surface area contributed by atoms with Crippen LogP contribution in [0.4, 0.5) is 0 Å². The fraction of sp³-hybridized carbons (Fsp3) is 0.643. The van der Waals surface area contributed by atoms with Crippen molar-refractivity contribution in [1.29, 1.82) is 0 Å². The van der Waals surface area contributed by atoms with E-state index in [0.29, 0.717) is 12.6 Å². The van der Waals surface area contributed by atoms with Crippen LogP contribution < -0.4 is 5.73 Å². The van der Waals surface area contributed by atoms with E-state index >= 15 is 0 Å². The SMILES string of the molecule is C[C@@H]1CN2CCC[C@@H]2CN1S(=O)(=O)c1cc(C(N)=O)n(C)c1. The van der Waals surface area contributed by atoms with Crippen LogP contribution in [0.25, 0.3) is 0 Å². The first-order valence-electron chi connectivity index (χ1n) is 7.53. The van der Waals surface area contributed by atoms with Gasteiger partial charge in [-0.2, -0.15) is 4.31 Å². The van der Waals surface area contributed by atoms with Crippen LogP contribution in [0.1, 0.15) is 30.3 Å². The van der Waals surface area contributed by atoms with E-state index in [1.807, 2.05) is 6.92 Å². The maximum Gasteiger partial charge on any atom is 0.265 e. The van der Waals surface area contributed by atoms with Gasteiger partial charge in [0.1, 0.15) is 10.6 Å². The summed E-state index contributed by atoms with van der Waals surface area (Å²) in [7, 11) is -1.98. The smallest absolute Gasteiger partial charge is 0.265 e. The van der Waals surface area contributed by atoms with Gasteiger partial charge in [0, 0.05) is 38.4 Å². The number of carbonyl (C=O) groups excluding carboxylic acids is 1. The Morgan fingerprint density at radius 1 is 1.36 bits per heavy atom. The number of sulfonamides is 1. The summed E-state index contributed by atoms with van der Waals surface area (Å²) >= 11 is 0.